The van der Waals surface area contributed by atoms with E-state index in [9.17, 15) is 4.79 Å². The molecule has 0 saturated heterocycles. The number of hydroxylamine groups is 1. The fourth-order valence-corrected chi connectivity index (χ4v) is 1.24. The van der Waals surface area contributed by atoms with Crippen molar-refractivity contribution in [3.8, 4) is 0 Å². The van der Waals surface area contributed by atoms with Crippen LogP contribution in [0.3, 0.4) is 0 Å². The molecular formula is C13H20N2O2. The number of nitrogens with one attached hydrogen (secondary N) is 1. The van der Waals surface area contributed by atoms with Crippen molar-refractivity contribution in [1.29, 1.82) is 0 Å². The van der Waals surface area contributed by atoms with Gasteiger partial charge in [-0.3, -0.25) is 14.6 Å². The Morgan fingerprint density at radius 1 is 1.41 bits per heavy atom. The Bertz CT molecular complexity index is 344. The molecule has 0 aromatic carbocycles. The van der Waals surface area contributed by atoms with Crippen LogP contribution in [0.4, 0.5) is 0 Å². The molecule has 0 aliphatic heterocycles. The number of carbonyl (C=O) groups is 1. The topological polar surface area (TPSA) is 51.2 Å². The van der Waals surface area contributed by atoms with E-state index in [0.29, 0.717) is 6.42 Å². The summed E-state index contributed by atoms with van der Waals surface area (Å²) in [6.07, 6.45) is 3.80. The Hall–Kier alpha value is -1.42. The summed E-state index contributed by atoms with van der Waals surface area (Å²) >= 11 is 0. The van der Waals surface area contributed by atoms with E-state index in [0.717, 1.165) is 18.5 Å². The SMILES string of the molecule is CC(C)(C)ONC(=O)CCCc1ccccn1. The molecule has 4 heteroatoms. The van der Waals surface area contributed by atoms with Gasteiger partial charge in [0.15, 0.2) is 0 Å². The van der Waals surface area contributed by atoms with Crippen LogP contribution in [0.25, 0.3) is 0 Å². The smallest absolute Gasteiger partial charge is 0.243 e. The summed E-state index contributed by atoms with van der Waals surface area (Å²) in [5.41, 5.74) is 3.11. The first-order valence-electron chi connectivity index (χ1n) is 5.84. The van der Waals surface area contributed by atoms with E-state index in [1.807, 2.05) is 39.0 Å². The third-order valence-corrected chi connectivity index (χ3v) is 2.03. The maximum Gasteiger partial charge on any atom is 0.243 e. The van der Waals surface area contributed by atoms with Crippen molar-refractivity contribution in [3.63, 3.8) is 0 Å². The molecule has 0 radical (unpaired) electrons. The first-order valence-corrected chi connectivity index (χ1v) is 5.84. The maximum atomic E-state index is 11.4. The minimum Gasteiger partial charge on any atom is -0.273 e. The monoisotopic (exact) mass is 236 g/mol. The average molecular weight is 236 g/mol. The third kappa shape index (κ3) is 6.68. The van der Waals surface area contributed by atoms with Crippen molar-refractivity contribution in [2.45, 2.75) is 45.6 Å². The summed E-state index contributed by atoms with van der Waals surface area (Å²) in [4.78, 5) is 20.8. The van der Waals surface area contributed by atoms with E-state index < -0.39 is 0 Å². The van der Waals surface area contributed by atoms with Crippen LogP contribution in [0, 0.1) is 0 Å². The van der Waals surface area contributed by atoms with Gasteiger partial charge < -0.3 is 0 Å². The summed E-state index contributed by atoms with van der Waals surface area (Å²) in [7, 11) is 0. The lowest BCUT2D eigenvalue weighted by Gasteiger charge is -2.18. The molecule has 0 saturated carbocycles. The summed E-state index contributed by atoms with van der Waals surface area (Å²) in [6, 6.07) is 5.79. The standard InChI is InChI=1S/C13H20N2O2/c1-13(2,3)17-15-12(16)9-6-8-11-7-4-5-10-14-11/h4-5,7,10H,6,8-9H2,1-3H3,(H,15,16). The summed E-state index contributed by atoms with van der Waals surface area (Å²) in [6.45, 7) is 5.67. The Morgan fingerprint density at radius 3 is 2.76 bits per heavy atom. The Kier molecular flexibility index (Phi) is 5.10. The van der Waals surface area contributed by atoms with E-state index in [4.69, 9.17) is 4.84 Å². The number of aromatic nitrogens is 1. The second-order valence-electron chi connectivity index (χ2n) is 4.91. The van der Waals surface area contributed by atoms with Gasteiger partial charge in [0.2, 0.25) is 5.91 Å². The molecule has 94 valence electrons. The van der Waals surface area contributed by atoms with Gasteiger partial charge in [-0.1, -0.05) is 6.07 Å². The molecular weight excluding hydrogens is 216 g/mol. The Labute approximate surface area is 102 Å². The van der Waals surface area contributed by atoms with Crippen LogP contribution in [-0.2, 0) is 16.1 Å². The molecule has 1 aromatic rings. The van der Waals surface area contributed by atoms with Gasteiger partial charge >= 0.3 is 0 Å². The number of carbonyl (C=O) groups excluding carboxylic acids is 1. The first kappa shape index (κ1) is 13.6. The first-order chi connectivity index (χ1) is 7.97. The Balaban J connectivity index is 2.17. The third-order valence-electron chi connectivity index (χ3n) is 2.03. The highest BCUT2D eigenvalue weighted by atomic mass is 16.7. The largest absolute Gasteiger partial charge is 0.273 e. The number of hydrogen-bond donors (Lipinski definition) is 1. The van der Waals surface area contributed by atoms with Crippen LogP contribution in [0.5, 0.6) is 0 Å². The second-order valence-corrected chi connectivity index (χ2v) is 4.91. The zero-order valence-corrected chi connectivity index (χ0v) is 10.7. The highest BCUT2D eigenvalue weighted by Crippen LogP contribution is 2.05. The van der Waals surface area contributed by atoms with E-state index in [1.165, 1.54) is 0 Å². The highest BCUT2D eigenvalue weighted by Gasteiger charge is 2.12. The van der Waals surface area contributed by atoms with Crippen LogP contribution in [0.1, 0.15) is 39.3 Å². The molecule has 4 nitrogen and oxygen atoms in total. The van der Waals surface area contributed by atoms with Crippen LogP contribution >= 0.6 is 0 Å². The van der Waals surface area contributed by atoms with Gasteiger partial charge in [-0.15, -0.1) is 0 Å². The molecule has 0 fully saturated rings. The molecule has 1 heterocycles. The Morgan fingerprint density at radius 2 is 2.18 bits per heavy atom. The molecule has 1 N–H and O–H groups in total. The van der Waals surface area contributed by atoms with E-state index in [-0.39, 0.29) is 11.5 Å². The summed E-state index contributed by atoms with van der Waals surface area (Å²) in [5, 5.41) is 0. The molecule has 1 rings (SSSR count). The van der Waals surface area contributed by atoms with E-state index in [1.54, 1.807) is 6.20 Å². The lowest BCUT2D eigenvalue weighted by molar-refractivity contribution is -0.145. The molecule has 0 aliphatic rings. The molecule has 1 amide bonds. The van der Waals surface area contributed by atoms with Crippen LogP contribution < -0.4 is 5.48 Å². The zero-order chi connectivity index (χ0) is 12.7. The van der Waals surface area contributed by atoms with E-state index >= 15 is 0 Å². The van der Waals surface area contributed by atoms with Crippen molar-refractivity contribution < 1.29 is 9.63 Å². The fraction of sp³-hybridized carbons (Fsp3) is 0.538. The highest BCUT2D eigenvalue weighted by molar-refractivity contribution is 5.74. The lowest BCUT2D eigenvalue weighted by atomic mass is 10.2. The van der Waals surface area contributed by atoms with E-state index in [2.05, 4.69) is 10.5 Å². The van der Waals surface area contributed by atoms with Crippen molar-refractivity contribution in [2.75, 3.05) is 0 Å². The molecule has 0 atom stereocenters. The van der Waals surface area contributed by atoms with Crippen molar-refractivity contribution >= 4 is 5.91 Å². The van der Waals surface area contributed by atoms with Crippen LogP contribution in [-0.4, -0.2) is 16.5 Å². The predicted molar refractivity (Wildman–Crippen MR) is 66.2 cm³/mol. The normalized spacial score (nSPS) is 11.2. The minimum absolute atomic E-state index is 0.0872. The number of rotatable bonds is 5. The average Bonchev–Trinajstić information content (AvgIpc) is 2.27. The fourth-order valence-electron chi connectivity index (χ4n) is 1.24. The number of nitrogens with zero attached hydrogens (tertiary/aromatic N) is 1. The lowest BCUT2D eigenvalue weighted by Crippen LogP contribution is -2.33. The number of hydrogen-bond acceptors (Lipinski definition) is 3. The quantitative estimate of drug-likeness (QED) is 0.798. The summed E-state index contributed by atoms with van der Waals surface area (Å²) in [5.74, 6) is -0.0872. The van der Waals surface area contributed by atoms with Crippen molar-refractivity contribution in [1.82, 2.24) is 10.5 Å². The molecule has 17 heavy (non-hydrogen) atoms. The summed E-state index contributed by atoms with van der Waals surface area (Å²) < 4.78 is 0. The van der Waals surface area contributed by atoms with Crippen molar-refractivity contribution in [3.05, 3.63) is 30.1 Å². The second kappa shape index (κ2) is 6.35. The molecule has 0 aliphatic carbocycles. The number of aryl methyl sites for hydroxylation is 1. The zero-order valence-electron chi connectivity index (χ0n) is 10.7. The van der Waals surface area contributed by atoms with Crippen LogP contribution in [0.15, 0.2) is 24.4 Å². The van der Waals surface area contributed by atoms with Gasteiger partial charge in [0.1, 0.15) is 0 Å². The van der Waals surface area contributed by atoms with Gasteiger partial charge in [-0.25, -0.2) is 5.48 Å². The van der Waals surface area contributed by atoms with Crippen molar-refractivity contribution in [2.24, 2.45) is 0 Å². The minimum atomic E-state index is -0.351. The molecule has 0 bridgehead atoms. The van der Waals surface area contributed by atoms with Crippen LogP contribution in [0.2, 0.25) is 0 Å². The van der Waals surface area contributed by atoms with Gasteiger partial charge in [0.25, 0.3) is 0 Å². The van der Waals surface area contributed by atoms with Gasteiger partial charge in [0, 0.05) is 18.3 Å². The predicted octanol–water partition coefficient (Wildman–Crippen LogP) is 2.25. The van der Waals surface area contributed by atoms with Gasteiger partial charge in [0.05, 0.1) is 5.60 Å². The maximum absolute atomic E-state index is 11.4. The molecule has 0 spiro atoms. The number of pyridine rings is 1. The van der Waals surface area contributed by atoms with Gasteiger partial charge in [-0.2, -0.15) is 0 Å². The number of amides is 1. The molecule has 0 unspecified atom stereocenters. The van der Waals surface area contributed by atoms with Gasteiger partial charge in [-0.05, 0) is 45.7 Å². The molecule has 1 aromatic heterocycles.